The number of amides is 3. The predicted octanol–water partition coefficient (Wildman–Crippen LogP) is 4.17. The minimum atomic E-state index is -0.419. The Hall–Kier alpha value is -4.13. The monoisotopic (exact) mass is 483 g/mol. The Morgan fingerprint density at radius 2 is 1.69 bits per heavy atom. The van der Waals surface area contributed by atoms with Crippen LogP contribution < -0.4 is 15.0 Å². The molecule has 3 aromatic carbocycles. The molecule has 0 aromatic heterocycles. The molecule has 7 heteroatoms. The van der Waals surface area contributed by atoms with Crippen LogP contribution in [-0.2, 0) is 17.9 Å². The maximum Gasteiger partial charge on any atom is 0.256 e. The van der Waals surface area contributed by atoms with E-state index in [-0.39, 0.29) is 17.7 Å². The highest BCUT2D eigenvalue weighted by atomic mass is 16.5. The molecule has 184 valence electrons. The van der Waals surface area contributed by atoms with Crippen LogP contribution in [0.2, 0.25) is 0 Å². The average Bonchev–Trinajstić information content (AvgIpc) is 3.38. The molecule has 1 N–H and O–H groups in total. The van der Waals surface area contributed by atoms with Crippen molar-refractivity contribution in [3.8, 4) is 5.75 Å². The molecule has 0 bridgehead atoms. The third kappa shape index (κ3) is 4.69. The summed E-state index contributed by atoms with van der Waals surface area (Å²) in [4.78, 5) is 42.6. The van der Waals surface area contributed by atoms with Crippen LogP contribution in [-0.4, -0.2) is 41.8 Å². The molecule has 0 spiro atoms. The molecule has 0 radical (unpaired) electrons. The van der Waals surface area contributed by atoms with Crippen molar-refractivity contribution in [3.05, 3.63) is 95.1 Å². The molecule has 1 fully saturated rings. The van der Waals surface area contributed by atoms with Crippen molar-refractivity contribution >= 4 is 23.4 Å². The lowest BCUT2D eigenvalue weighted by Gasteiger charge is -2.26. The molecule has 1 unspecified atom stereocenters. The minimum Gasteiger partial charge on any atom is -0.494 e. The van der Waals surface area contributed by atoms with E-state index in [1.165, 1.54) is 0 Å². The lowest BCUT2D eigenvalue weighted by Crippen LogP contribution is -2.44. The van der Waals surface area contributed by atoms with E-state index in [9.17, 15) is 14.4 Å². The largest absolute Gasteiger partial charge is 0.494 e. The second-order valence-corrected chi connectivity index (χ2v) is 9.05. The zero-order chi connectivity index (χ0) is 25.1. The summed E-state index contributed by atoms with van der Waals surface area (Å²) >= 11 is 0. The van der Waals surface area contributed by atoms with Gasteiger partial charge in [-0.15, -0.1) is 0 Å². The summed E-state index contributed by atoms with van der Waals surface area (Å²) in [6.07, 6.45) is 1.52. The molecule has 0 aliphatic carbocycles. The minimum absolute atomic E-state index is 0.0528. The molecular weight excluding hydrogens is 454 g/mol. The number of nitrogens with one attached hydrogen (secondary N) is 1. The number of hydrogen-bond acceptors (Lipinski definition) is 4. The fourth-order valence-corrected chi connectivity index (χ4v) is 4.87. The van der Waals surface area contributed by atoms with Crippen LogP contribution >= 0.6 is 0 Å². The zero-order valence-electron chi connectivity index (χ0n) is 20.3. The number of carbonyl (C=O) groups is 3. The Balaban J connectivity index is 1.28. The number of benzene rings is 3. The maximum atomic E-state index is 13.5. The van der Waals surface area contributed by atoms with Gasteiger partial charge < -0.3 is 19.9 Å². The van der Waals surface area contributed by atoms with Gasteiger partial charge in [-0.3, -0.25) is 14.4 Å². The van der Waals surface area contributed by atoms with Gasteiger partial charge in [0.2, 0.25) is 5.91 Å². The third-order valence-corrected chi connectivity index (χ3v) is 6.73. The second-order valence-electron chi connectivity index (χ2n) is 9.05. The van der Waals surface area contributed by atoms with Crippen molar-refractivity contribution in [1.82, 2.24) is 10.2 Å². The number of rotatable bonds is 7. The fourth-order valence-electron chi connectivity index (χ4n) is 4.87. The Morgan fingerprint density at radius 1 is 0.972 bits per heavy atom. The van der Waals surface area contributed by atoms with Gasteiger partial charge in [0.15, 0.2) is 0 Å². The van der Waals surface area contributed by atoms with Gasteiger partial charge in [-0.05, 0) is 67.3 Å². The van der Waals surface area contributed by atoms with Gasteiger partial charge in [0, 0.05) is 18.7 Å². The molecule has 2 aliphatic rings. The summed E-state index contributed by atoms with van der Waals surface area (Å²) < 4.78 is 5.45. The maximum absolute atomic E-state index is 13.5. The van der Waals surface area contributed by atoms with Crippen LogP contribution in [0.15, 0.2) is 72.8 Å². The molecule has 1 atom stereocenters. The summed E-state index contributed by atoms with van der Waals surface area (Å²) in [6.45, 7) is 3.91. The lowest BCUT2D eigenvalue weighted by molar-refractivity contribution is -0.122. The number of fused-ring (bicyclic) bond motifs is 2. The van der Waals surface area contributed by atoms with Crippen molar-refractivity contribution in [3.63, 3.8) is 0 Å². The van der Waals surface area contributed by atoms with Crippen LogP contribution in [0.5, 0.6) is 5.75 Å². The Morgan fingerprint density at radius 3 is 2.44 bits per heavy atom. The molecule has 5 rings (SSSR count). The normalized spacial score (nSPS) is 16.9. The van der Waals surface area contributed by atoms with Crippen LogP contribution in [0.25, 0.3) is 0 Å². The van der Waals surface area contributed by atoms with Crippen molar-refractivity contribution < 1.29 is 19.1 Å². The van der Waals surface area contributed by atoms with Crippen LogP contribution in [0.4, 0.5) is 5.69 Å². The highest BCUT2D eigenvalue weighted by Crippen LogP contribution is 2.33. The van der Waals surface area contributed by atoms with E-state index in [1.807, 2.05) is 61.5 Å². The van der Waals surface area contributed by atoms with E-state index in [4.69, 9.17) is 4.74 Å². The topological polar surface area (TPSA) is 79.0 Å². The van der Waals surface area contributed by atoms with E-state index < -0.39 is 6.04 Å². The molecule has 2 aliphatic heterocycles. The molecule has 3 aromatic rings. The van der Waals surface area contributed by atoms with Gasteiger partial charge in [-0.2, -0.15) is 0 Å². The first-order chi connectivity index (χ1) is 17.5. The van der Waals surface area contributed by atoms with E-state index in [1.54, 1.807) is 28.0 Å². The first kappa shape index (κ1) is 23.6. The summed E-state index contributed by atoms with van der Waals surface area (Å²) in [7, 11) is 0. The molecule has 2 heterocycles. The number of hydrogen-bond donors (Lipinski definition) is 1. The second kappa shape index (κ2) is 10.2. The Bertz CT molecular complexity index is 1270. The van der Waals surface area contributed by atoms with Crippen molar-refractivity contribution in [2.24, 2.45) is 0 Å². The smallest absolute Gasteiger partial charge is 0.256 e. The molecule has 7 nitrogen and oxygen atoms in total. The number of ether oxygens (including phenoxy) is 1. The molecule has 3 amide bonds. The first-order valence-electron chi connectivity index (χ1n) is 12.4. The molecular formula is C29H29N3O4. The van der Waals surface area contributed by atoms with E-state index in [0.29, 0.717) is 49.5 Å². The Kier molecular flexibility index (Phi) is 6.71. The standard InChI is InChI=1S/C29H29N3O4/c1-2-36-23-15-11-20(12-16-23)18-30-27(33)22-13-9-21(10-14-22)19-32-25-7-4-3-6-24(25)28(34)31-17-5-8-26(31)29(32)35/h3-4,6-7,9-16,26H,2,5,8,17-19H2,1H3,(H,30,33). The van der Waals surface area contributed by atoms with Crippen LogP contribution in [0.1, 0.15) is 51.6 Å². The lowest BCUT2D eigenvalue weighted by atomic mass is 10.1. The van der Waals surface area contributed by atoms with Gasteiger partial charge >= 0.3 is 0 Å². The zero-order valence-corrected chi connectivity index (χ0v) is 20.3. The van der Waals surface area contributed by atoms with Crippen molar-refractivity contribution in [2.45, 2.75) is 38.9 Å². The number of para-hydroxylation sites is 1. The highest BCUT2D eigenvalue weighted by Gasteiger charge is 2.41. The average molecular weight is 484 g/mol. The van der Waals surface area contributed by atoms with Crippen LogP contribution in [0.3, 0.4) is 0 Å². The van der Waals surface area contributed by atoms with E-state index in [0.717, 1.165) is 23.3 Å². The molecule has 1 saturated heterocycles. The van der Waals surface area contributed by atoms with Crippen molar-refractivity contribution in [2.75, 3.05) is 18.1 Å². The number of nitrogens with zero attached hydrogens (tertiary/aromatic N) is 2. The van der Waals surface area contributed by atoms with Gasteiger partial charge in [0.1, 0.15) is 11.8 Å². The summed E-state index contributed by atoms with van der Waals surface area (Å²) in [6, 6.07) is 21.8. The summed E-state index contributed by atoms with van der Waals surface area (Å²) in [5.41, 5.74) is 3.61. The predicted molar refractivity (Wildman–Crippen MR) is 137 cm³/mol. The summed E-state index contributed by atoms with van der Waals surface area (Å²) in [5, 5.41) is 2.94. The summed E-state index contributed by atoms with van der Waals surface area (Å²) in [5.74, 6) is 0.504. The fraction of sp³-hybridized carbons (Fsp3) is 0.276. The van der Waals surface area contributed by atoms with E-state index in [2.05, 4.69) is 5.32 Å². The van der Waals surface area contributed by atoms with Gasteiger partial charge in [0.25, 0.3) is 11.8 Å². The van der Waals surface area contributed by atoms with Crippen molar-refractivity contribution in [1.29, 1.82) is 0 Å². The first-order valence-corrected chi connectivity index (χ1v) is 12.4. The third-order valence-electron chi connectivity index (χ3n) is 6.73. The highest BCUT2D eigenvalue weighted by molar-refractivity contribution is 6.11. The molecule has 36 heavy (non-hydrogen) atoms. The number of anilines is 1. The SMILES string of the molecule is CCOc1ccc(CNC(=O)c2ccc(CN3C(=O)C4CCCN4C(=O)c4ccccc43)cc2)cc1. The van der Waals surface area contributed by atoms with Gasteiger partial charge in [-0.25, -0.2) is 0 Å². The molecule has 0 saturated carbocycles. The van der Waals surface area contributed by atoms with E-state index >= 15 is 0 Å². The number of carbonyl (C=O) groups excluding carboxylic acids is 3. The van der Waals surface area contributed by atoms with Gasteiger partial charge in [0.05, 0.1) is 24.4 Å². The Labute approximate surface area is 210 Å². The quantitative estimate of drug-likeness (QED) is 0.547. The van der Waals surface area contributed by atoms with Crippen LogP contribution in [0, 0.1) is 0 Å². The van der Waals surface area contributed by atoms with Gasteiger partial charge in [-0.1, -0.05) is 36.4 Å².